The van der Waals surface area contributed by atoms with Gasteiger partial charge < -0.3 is 14.5 Å². The van der Waals surface area contributed by atoms with Crippen LogP contribution < -0.4 is 4.74 Å². The van der Waals surface area contributed by atoms with Crippen LogP contribution in [0.15, 0.2) is 60.7 Å². The number of amides is 2. The molecule has 5 nitrogen and oxygen atoms in total. The van der Waals surface area contributed by atoms with E-state index in [4.69, 9.17) is 4.74 Å². The maximum atomic E-state index is 13.1. The van der Waals surface area contributed by atoms with Gasteiger partial charge in [-0.25, -0.2) is 0 Å². The van der Waals surface area contributed by atoms with E-state index in [1.54, 1.807) is 0 Å². The maximum Gasteiger partial charge on any atom is 0.230 e. The van der Waals surface area contributed by atoms with Crippen molar-refractivity contribution in [1.29, 1.82) is 0 Å². The lowest BCUT2D eigenvalue weighted by atomic mass is 9.87. The number of hydrogen-bond acceptors (Lipinski definition) is 3. The molecule has 1 aliphatic rings. The van der Waals surface area contributed by atoms with Gasteiger partial charge in [0.1, 0.15) is 5.75 Å². The SMILES string of the molecule is CC(C)C(C(=O)N1CCN(C(=O)CCOc2ccccc2)CC1)c1ccccc1. The van der Waals surface area contributed by atoms with Crippen molar-refractivity contribution in [2.24, 2.45) is 5.92 Å². The molecule has 0 saturated carbocycles. The first kappa shape index (κ1) is 20.9. The second-order valence-electron chi connectivity index (χ2n) is 7.75. The molecule has 0 bridgehead atoms. The van der Waals surface area contributed by atoms with E-state index in [1.807, 2.05) is 70.5 Å². The van der Waals surface area contributed by atoms with Crippen molar-refractivity contribution in [1.82, 2.24) is 9.80 Å². The summed E-state index contributed by atoms with van der Waals surface area (Å²) in [6.45, 7) is 6.86. The van der Waals surface area contributed by atoms with Crippen LogP contribution in [0.4, 0.5) is 0 Å². The highest BCUT2D eigenvalue weighted by molar-refractivity contribution is 5.84. The Balaban J connectivity index is 1.48. The summed E-state index contributed by atoms with van der Waals surface area (Å²) >= 11 is 0. The van der Waals surface area contributed by atoms with Crippen molar-refractivity contribution in [3.05, 3.63) is 66.2 Å². The largest absolute Gasteiger partial charge is 0.493 e. The molecule has 0 N–H and O–H groups in total. The van der Waals surface area contributed by atoms with E-state index >= 15 is 0 Å². The lowest BCUT2D eigenvalue weighted by Crippen LogP contribution is -2.52. The summed E-state index contributed by atoms with van der Waals surface area (Å²) in [5.74, 6) is 1.09. The lowest BCUT2D eigenvalue weighted by molar-refractivity contribution is -0.141. The van der Waals surface area contributed by atoms with Crippen molar-refractivity contribution in [2.45, 2.75) is 26.2 Å². The molecule has 3 rings (SSSR count). The van der Waals surface area contributed by atoms with Gasteiger partial charge in [0.25, 0.3) is 0 Å². The molecule has 29 heavy (non-hydrogen) atoms. The summed E-state index contributed by atoms with van der Waals surface area (Å²) in [5, 5.41) is 0. The lowest BCUT2D eigenvalue weighted by Gasteiger charge is -2.37. The van der Waals surface area contributed by atoms with Crippen LogP contribution in [0.5, 0.6) is 5.75 Å². The number of nitrogens with zero attached hydrogens (tertiary/aromatic N) is 2. The normalized spacial score (nSPS) is 15.3. The third kappa shape index (κ3) is 5.59. The van der Waals surface area contributed by atoms with Crippen molar-refractivity contribution in [2.75, 3.05) is 32.8 Å². The van der Waals surface area contributed by atoms with E-state index in [2.05, 4.69) is 13.8 Å². The molecule has 2 aromatic rings. The summed E-state index contributed by atoms with van der Waals surface area (Å²) in [4.78, 5) is 29.4. The number of hydrogen-bond donors (Lipinski definition) is 0. The summed E-state index contributed by atoms with van der Waals surface area (Å²) in [7, 11) is 0. The molecule has 0 aliphatic carbocycles. The minimum absolute atomic E-state index is 0.0801. The highest BCUT2D eigenvalue weighted by Crippen LogP contribution is 2.27. The summed E-state index contributed by atoms with van der Waals surface area (Å²) < 4.78 is 5.62. The minimum Gasteiger partial charge on any atom is -0.493 e. The van der Waals surface area contributed by atoms with Crippen LogP contribution in [0.25, 0.3) is 0 Å². The molecular weight excluding hydrogens is 364 g/mol. The number of ether oxygens (including phenoxy) is 1. The van der Waals surface area contributed by atoms with Gasteiger partial charge in [0.15, 0.2) is 0 Å². The van der Waals surface area contributed by atoms with Crippen molar-refractivity contribution in [3.63, 3.8) is 0 Å². The molecule has 1 saturated heterocycles. The standard InChI is InChI=1S/C24H30N2O3/c1-19(2)23(20-9-5-3-6-10-20)24(28)26-16-14-25(15-17-26)22(27)13-18-29-21-11-7-4-8-12-21/h3-12,19,23H,13-18H2,1-2H3. The number of para-hydroxylation sites is 1. The number of carbonyl (C=O) groups is 2. The second-order valence-corrected chi connectivity index (χ2v) is 7.75. The Morgan fingerprint density at radius 3 is 2.00 bits per heavy atom. The summed E-state index contributed by atoms with van der Waals surface area (Å²) in [5.41, 5.74) is 1.06. The van der Waals surface area contributed by atoms with Crippen LogP contribution in [0.3, 0.4) is 0 Å². The smallest absolute Gasteiger partial charge is 0.230 e. The third-order valence-electron chi connectivity index (χ3n) is 5.36. The van der Waals surface area contributed by atoms with E-state index in [0.29, 0.717) is 39.2 Å². The Labute approximate surface area is 173 Å². The van der Waals surface area contributed by atoms with Crippen LogP contribution in [-0.2, 0) is 9.59 Å². The highest BCUT2D eigenvalue weighted by atomic mass is 16.5. The number of carbonyl (C=O) groups excluding carboxylic acids is 2. The average molecular weight is 395 g/mol. The molecule has 1 aliphatic heterocycles. The van der Waals surface area contributed by atoms with Crippen molar-refractivity contribution < 1.29 is 14.3 Å². The monoisotopic (exact) mass is 394 g/mol. The molecule has 1 atom stereocenters. The van der Waals surface area contributed by atoms with Crippen LogP contribution in [0.1, 0.15) is 31.7 Å². The average Bonchev–Trinajstić information content (AvgIpc) is 2.75. The topological polar surface area (TPSA) is 49.9 Å². The molecule has 5 heteroatoms. The number of piperazine rings is 1. The molecular formula is C24H30N2O3. The first-order chi connectivity index (χ1) is 14.1. The quantitative estimate of drug-likeness (QED) is 0.721. The van der Waals surface area contributed by atoms with E-state index in [1.165, 1.54) is 0 Å². The predicted molar refractivity (Wildman–Crippen MR) is 114 cm³/mol. The zero-order valence-corrected chi connectivity index (χ0v) is 17.3. The van der Waals surface area contributed by atoms with Gasteiger partial charge in [-0.15, -0.1) is 0 Å². The Morgan fingerprint density at radius 2 is 1.41 bits per heavy atom. The Bertz CT molecular complexity index is 784. The van der Waals surface area contributed by atoms with Crippen LogP contribution in [-0.4, -0.2) is 54.4 Å². The van der Waals surface area contributed by atoms with Gasteiger partial charge >= 0.3 is 0 Å². The van der Waals surface area contributed by atoms with E-state index in [-0.39, 0.29) is 23.7 Å². The van der Waals surface area contributed by atoms with Crippen LogP contribution in [0.2, 0.25) is 0 Å². The van der Waals surface area contributed by atoms with Gasteiger partial charge in [-0.3, -0.25) is 9.59 Å². The van der Waals surface area contributed by atoms with E-state index in [0.717, 1.165) is 11.3 Å². The first-order valence-electron chi connectivity index (χ1n) is 10.4. The van der Waals surface area contributed by atoms with Crippen molar-refractivity contribution >= 4 is 11.8 Å². The maximum absolute atomic E-state index is 13.1. The van der Waals surface area contributed by atoms with Gasteiger partial charge in [0.2, 0.25) is 11.8 Å². The second kappa shape index (κ2) is 10.1. The van der Waals surface area contributed by atoms with Crippen molar-refractivity contribution in [3.8, 4) is 5.75 Å². The molecule has 1 heterocycles. The molecule has 0 aromatic heterocycles. The number of benzene rings is 2. The first-order valence-corrected chi connectivity index (χ1v) is 10.4. The van der Waals surface area contributed by atoms with Gasteiger partial charge in [0, 0.05) is 26.2 Å². The van der Waals surface area contributed by atoms with E-state index < -0.39 is 0 Å². The zero-order chi connectivity index (χ0) is 20.6. The Morgan fingerprint density at radius 1 is 0.862 bits per heavy atom. The highest BCUT2D eigenvalue weighted by Gasteiger charge is 2.31. The van der Waals surface area contributed by atoms with Gasteiger partial charge in [0.05, 0.1) is 18.9 Å². The van der Waals surface area contributed by atoms with Gasteiger partial charge in [-0.1, -0.05) is 62.4 Å². The minimum atomic E-state index is -0.141. The third-order valence-corrected chi connectivity index (χ3v) is 5.36. The fourth-order valence-electron chi connectivity index (χ4n) is 3.78. The zero-order valence-electron chi connectivity index (χ0n) is 17.3. The van der Waals surface area contributed by atoms with Crippen LogP contribution in [0, 0.1) is 5.92 Å². The fourth-order valence-corrected chi connectivity index (χ4v) is 3.78. The van der Waals surface area contributed by atoms with Gasteiger partial charge in [-0.05, 0) is 23.6 Å². The van der Waals surface area contributed by atoms with Crippen LogP contribution >= 0.6 is 0 Å². The molecule has 2 amide bonds. The van der Waals surface area contributed by atoms with Gasteiger partial charge in [-0.2, -0.15) is 0 Å². The molecule has 2 aromatic carbocycles. The summed E-state index contributed by atoms with van der Waals surface area (Å²) in [6.07, 6.45) is 0.349. The predicted octanol–water partition coefficient (Wildman–Crippen LogP) is 3.57. The molecule has 0 radical (unpaired) electrons. The Hall–Kier alpha value is -2.82. The fraction of sp³-hybridized carbons (Fsp3) is 0.417. The van der Waals surface area contributed by atoms with E-state index in [9.17, 15) is 9.59 Å². The molecule has 1 unspecified atom stereocenters. The number of rotatable bonds is 7. The Kier molecular flexibility index (Phi) is 7.28. The molecule has 1 fully saturated rings. The molecule has 0 spiro atoms. The summed E-state index contributed by atoms with van der Waals surface area (Å²) in [6, 6.07) is 19.5. The molecule has 154 valence electrons.